The van der Waals surface area contributed by atoms with Crippen LogP contribution in [-0.4, -0.2) is 20.7 Å². The fraction of sp³-hybridized carbons (Fsp3) is 0.0952. The van der Waals surface area contributed by atoms with Crippen molar-refractivity contribution in [1.82, 2.24) is 14.8 Å². The number of benzene rings is 2. The van der Waals surface area contributed by atoms with E-state index in [4.69, 9.17) is 11.6 Å². The lowest BCUT2D eigenvalue weighted by Crippen LogP contribution is -2.20. The molecule has 0 unspecified atom stereocenters. The number of aryl methyl sites for hydroxylation is 1. The number of carbonyl (C=O) groups excluding carboxylic acids is 1. The second kappa shape index (κ2) is 8.16. The van der Waals surface area contributed by atoms with E-state index >= 15 is 0 Å². The summed E-state index contributed by atoms with van der Waals surface area (Å²) in [6.07, 6.45) is -3.90. The average molecular weight is 463 g/mol. The summed E-state index contributed by atoms with van der Waals surface area (Å²) in [5.74, 6) is -0.917. The summed E-state index contributed by atoms with van der Waals surface area (Å²) in [5, 5.41) is 9.45. The highest BCUT2D eigenvalue weighted by Crippen LogP contribution is 2.34. The van der Waals surface area contributed by atoms with Crippen molar-refractivity contribution < 1.29 is 18.0 Å². The number of carbonyl (C=O) groups is 1. The molecule has 0 radical (unpaired) electrons. The lowest BCUT2D eigenvalue weighted by molar-refractivity contribution is -0.143. The van der Waals surface area contributed by atoms with Gasteiger partial charge in [0.15, 0.2) is 5.69 Å². The summed E-state index contributed by atoms with van der Waals surface area (Å²) in [5.41, 5.74) is 0.202. The van der Waals surface area contributed by atoms with E-state index in [1.54, 1.807) is 18.2 Å². The molecule has 2 heterocycles. The van der Waals surface area contributed by atoms with Crippen molar-refractivity contribution in [2.75, 3.05) is 5.32 Å². The van der Waals surface area contributed by atoms with Crippen LogP contribution in [0.1, 0.15) is 21.1 Å². The topological polar surface area (TPSA) is 59.8 Å². The molecule has 4 rings (SSSR count). The molecular weight excluding hydrogens is 449 g/mol. The predicted molar refractivity (Wildman–Crippen MR) is 114 cm³/mol. The molecule has 0 spiro atoms. The molecule has 158 valence electrons. The van der Waals surface area contributed by atoms with Gasteiger partial charge in [0.1, 0.15) is 0 Å². The summed E-state index contributed by atoms with van der Waals surface area (Å²) in [7, 11) is 0. The fourth-order valence-corrected chi connectivity index (χ4v) is 3.76. The standard InChI is InChI=1S/C21H14ClF3N4OS/c1-12-27-18(11-31-12)13-3-2-4-15(9-13)28-20(30)17-10-26-29(19(17)21(23,24)25)16-7-5-14(22)6-8-16/h2-11H,1H3,(H,28,30). The van der Waals surface area contributed by atoms with Crippen LogP contribution >= 0.6 is 22.9 Å². The molecule has 0 aliphatic carbocycles. The van der Waals surface area contributed by atoms with Crippen LogP contribution < -0.4 is 5.32 Å². The number of hydrogen-bond acceptors (Lipinski definition) is 4. The second-order valence-electron chi connectivity index (χ2n) is 6.58. The van der Waals surface area contributed by atoms with Crippen LogP contribution in [0.15, 0.2) is 60.1 Å². The Kier molecular flexibility index (Phi) is 5.55. The van der Waals surface area contributed by atoms with E-state index < -0.39 is 23.3 Å². The number of nitrogens with one attached hydrogen (secondary N) is 1. The van der Waals surface area contributed by atoms with E-state index in [1.165, 1.54) is 35.6 Å². The maximum atomic E-state index is 13.8. The van der Waals surface area contributed by atoms with Gasteiger partial charge in [0.25, 0.3) is 5.91 Å². The number of amides is 1. The predicted octanol–water partition coefficient (Wildman–Crippen LogP) is 6.23. The van der Waals surface area contributed by atoms with Gasteiger partial charge < -0.3 is 5.32 Å². The van der Waals surface area contributed by atoms with Gasteiger partial charge in [-0.3, -0.25) is 4.79 Å². The molecule has 1 amide bonds. The van der Waals surface area contributed by atoms with Crippen molar-refractivity contribution >= 4 is 34.5 Å². The Morgan fingerprint density at radius 3 is 2.55 bits per heavy atom. The molecule has 0 aliphatic heterocycles. The Morgan fingerprint density at radius 1 is 1.16 bits per heavy atom. The van der Waals surface area contributed by atoms with Crippen molar-refractivity contribution in [3.05, 3.63) is 81.4 Å². The van der Waals surface area contributed by atoms with E-state index in [0.717, 1.165) is 22.5 Å². The molecule has 31 heavy (non-hydrogen) atoms. The smallest absolute Gasteiger partial charge is 0.322 e. The number of nitrogens with zero attached hydrogens (tertiary/aromatic N) is 3. The number of anilines is 1. The van der Waals surface area contributed by atoms with Crippen LogP contribution in [0.2, 0.25) is 5.02 Å². The van der Waals surface area contributed by atoms with Gasteiger partial charge >= 0.3 is 6.18 Å². The van der Waals surface area contributed by atoms with Crippen LogP contribution in [0, 0.1) is 6.92 Å². The number of rotatable bonds is 4. The van der Waals surface area contributed by atoms with Gasteiger partial charge in [-0.25, -0.2) is 9.67 Å². The van der Waals surface area contributed by atoms with Gasteiger partial charge in [-0.2, -0.15) is 18.3 Å². The van der Waals surface area contributed by atoms with Crippen molar-refractivity contribution in [3.8, 4) is 16.9 Å². The van der Waals surface area contributed by atoms with Gasteiger partial charge in [0, 0.05) is 21.7 Å². The summed E-state index contributed by atoms with van der Waals surface area (Å²) < 4.78 is 42.1. The van der Waals surface area contributed by atoms with Crippen molar-refractivity contribution in [3.63, 3.8) is 0 Å². The molecule has 0 saturated heterocycles. The monoisotopic (exact) mass is 462 g/mol. The van der Waals surface area contributed by atoms with Crippen LogP contribution in [0.4, 0.5) is 18.9 Å². The van der Waals surface area contributed by atoms with Gasteiger partial charge in [0.05, 0.1) is 28.1 Å². The van der Waals surface area contributed by atoms with Crippen LogP contribution in [0.3, 0.4) is 0 Å². The molecule has 0 aliphatic rings. The maximum Gasteiger partial charge on any atom is 0.434 e. The first-order valence-electron chi connectivity index (χ1n) is 8.97. The van der Waals surface area contributed by atoms with Crippen LogP contribution in [-0.2, 0) is 6.18 Å². The minimum absolute atomic E-state index is 0.136. The van der Waals surface area contributed by atoms with Crippen molar-refractivity contribution in [1.29, 1.82) is 0 Å². The molecule has 4 aromatic rings. The summed E-state index contributed by atoms with van der Waals surface area (Å²) in [4.78, 5) is 17.1. The first-order chi connectivity index (χ1) is 14.7. The van der Waals surface area contributed by atoms with Gasteiger partial charge in [-0.1, -0.05) is 23.7 Å². The number of hydrogen-bond donors (Lipinski definition) is 1. The Labute approximate surface area is 184 Å². The number of thiazole rings is 1. The number of aromatic nitrogens is 3. The average Bonchev–Trinajstić information content (AvgIpc) is 3.35. The molecule has 0 atom stereocenters. The SMILES string of the molecule is Cc1nc(-c2cccc(NC(=O)c3cnn(-c4ccc(Cl)cc4)c3C(F)(F)F)c2)cs1. The lowest BCUT2D eigenvalue weighted by Gasteiger charge is -2.13. The van der Waals surface area contributed by atoms with E-state index in [0.29, 0.717) is 15.4 Å². The first kappa shape index (κ1) is 21.1. The Balaban J connectivity index is 1.67. The van der Waals surface area contributed by atoms with E-state index in [2.05, 4.69) is 15.4 Å². The highest BCUT2D eigenvalue weighted by atomic mass is 35.5. The third-order valence-electron chi connectivity index (χ3n) is 4.39. The van der Waals surface area contributed by atoms with Crippen molar-refractivity contribution in [2.45, 2.75) is 13.1 Å². The molecule has 2 aromatic heterocycles. The quantitative estimate of drug-likeness (QED) is 0.391. The Hall–Kier alpha value is -3.17. The minimum Gasteiger partial charge on any atom is -0.322 e. The highest BCUT2D eigenvalue weighted by Gasteiger charge is 2.40. The third kappa shape index (κ3) is 4.47. The van der Waals surface area contributed by atoms with Gasteiger partial charge in [-0.15, -0.1) is 11.3 Å². The molecule has 5 nitrogen and oxygen atoms in total. The second-order valence-corrected chi connectivity index (χ2v) is 8.08. The molecule has 0 fully saturated rings. The normalized spacial score (nSPS) is 11.5. The number of alkyl halides is 3. The summed E-state index contributed by atoms with van der Waals surface area (Å²) >= 11 is 7.29. The van der Waals surface area contributed by atoms with Crippen molar-refractivity contribution in [2.24, 2.45) is 0 Å². The third-order valence-corrected chi connectivity index (χ3v) is 5.41. The Morgan fingerprint density at radius 2 is 1.90 bits per heavy atom. The zero-order valence-corrected chi connectivity index (χ0v) is 17.5. The van der Waals surface area contributed by atoms with Crippen LogP contribution in [0.5, 0.6) is 0 Å². The molecule has 1 N–H and O–H groups in total. The maximum absolute atomic E-state index is 13.8. The molecule has 2 aromatic carbocycles. The zero-order valence-electron chi connectivity index (χ0n) is 15.9. The van der Waals surface area contributed by atoms with Gasteiger partial charge in [0.2, 0.25) is 0 Å². The molecule has 10 heteroatoms. The minimum atomic E-state index is -4.80. The first-order valence-corrected chi connectivity index (χ1v) is 10.2. The Bertz CT molecular complexity index is 1250. The van der Waals surface area contributed by atoms with Crippen LogP contribution in [0.25, 0.3) is 16.9 Å². The fourth-order valence-electron chi connectivity index (χ4n) is 3.02. The van der Waals surface area contributed by atoms with E-state index in [1.807, 2.05) is 18.4 Å². The summed E-state index contributed by atoms with van der Waals surface area (Å²) in [6.45, 7) is 1.87. The largest absolute Gasteiger partial charge is 0.434 e. The zero-order chi connectivity index (χ0) is 22.2. The molecule has 0 saturated carbocycles. The number of halogens is 4. The van der Waals surface area contributed by atoms with E-state index in [-0.39, 0.29) is 5.69 Å². The molecular formula is C21H14ClF3N4OS. The van der Waals surface area contributed by atoms with Gasteiger partial charge in [-0.05, 0) is 43.3 Å². The van der Waals surface area contributed by atoms with E-state index in [9.17, 15) is 18.0 Å². The highest BCUT2D eigenvalue weighted by molar-refractivity contribution is 7.09. The lowest BCUT2D eigenvalue weighted by atomic mass is 10.1. The molecule has 0 bridgehead atoms. The summed E-state index contributed by atoms with van der Waals surface area (Å²) in [6, 6.07) is 12.4.